The van der Waals surface area contributed by atoms with E-state index in [2.05, 4.69) is 22.1 Å². The molecule has 1 N–H and O–H groups in total. The smallest absolute Gasteiger partial charge is 0.358 e. The van der Waals surface area contributed by atoms with Crippen LogP contribution in [0.25, 0.3) is 0 Å². The van der Waals surface area contributed by atoms with E-state index in [4.69, 9.17) is 9.84 Å². The molecule has 7 nitrogen and oxygen atoms in total. The zero-order valence-corrected chi connectivity index (χ0v) is 10.4. The largest absolute Gasteiger partial charge is 0.476 e. The van der Waals surface area contributed by atoms with E-state index in [1.54, 1.807) is 4.68 Å². The van der Waals surface area contributed by atoms with Crippen LogP contribution in [-0.4, -0.2) is 63.3 Å². The minimum absolute atomic E-state index is 0.0107. The number of morpholine rings is 1. The molecule has 1 aliphatic heterocycles. The normalized spacial score (nSPS) is 21.1. The molecule has 2 heterocycles. The number of carboxylic acids is 1. The monoisotopic (exact) mass is 254 g/mol. The second-order valence-corrected chi connectivity index (χ2v) is 4.37. The molecule has 0 saturated carbocycles. The van der Waals surface area contributed by atoms with E-state index in [0.717, 1.165) is 32.7 Å². The summed E-state index contributed by atoms with van der Waals surface area (Å²) in [5, 5.41) is 16.1. The molecule has 1 saturated heterocycles. The van der Waals surface area contributed by atoms with Gasteiger partial charge in [0, 0.05) is 19.6 Å². The summed E-state index contributed by atoms with van der Waals surface area (Å²) in [4.78, 5) is 13.0. The molecule has 1 atom stereocenters. The first-order chi connectivity index (χ1) is 8.69. The topological polar surface area (TPSA) is 80.5 Å². The van der Waals surface area contributed by atoms with Crippen LogP contribution in [0.15, 0.2) is 6.20 Å². The van der Waals surface area contributed by atoms with E-state index in [0.29, 0.717) is 12.6 Å². The van der Waals surface area contributed by atoms with Crippen molar-refractivity contribution in [1.82, 2.24) is 19.9 Å². The lowest BCUT2D eigenvalue weighted by atomic mass is 10.2. The lowest BCUT2D eigenvalue weighted by Gasteiger charge is -2.32. The summed E-state index contributed by atoms with van der Waals surface area (Å²) in [7, 11) is 0. The Morgan fingerprint density at radius 2 is 2.44 bits per heavy atom. The van der Waals surface area contributed by atoms with Gasteiger partial charge in [0.05, 0.1) is 25.5 Å². The molecule has 1 unspecified atom stereocenters. The zero-order valence-electron chi connectivity index (χ0n) is 10.4. The van der Waals surface area contributed by atoms with Crippen molar-refractivity contribution in [2.45, 2.75) is 26.0 Å². The van der Waals surface area contributed by atoms with Crippen molar-refractivity contribution >= 4 is 5.97 Å². The Morgan fingerprint density at radius 3 is 3.11 bits per heavy atom. The van der Waals surface area contributed by atoms with E-state index in [-0.39, 0.29) is 5.69 Å². The van der Waals surface area contributed by atoms with Crippen LogP contribution in [0.2, 0.25) is 0 Å². The summed E-state index contributed by atoms with van der Waals surface area (Å²) in [5.74, 6) is -1.04. The van der Waals surface area contributed by atoms with Gasteiger partial charge in [-0.25, -0.2) is 4.79 Å². The quantitative estimate of drug-likeness (QED) is 0.802. The Morgan fingerprint density at radius 1 is 1.61 bits per heavy atom. The summed E-state index contributed by atoms with van der Waals surface area (Å²) < 4.78 is 7.16. The molecule has 0 amide bonds. The number of aromatic carboxylic acids is 1. The summed E-state index contributed by atoms with van der Waals surface area (Å²) in [5.41, 5.74) is -0.0107. The predicted molar refractivity (Wildman–Crippen MR) is 63.5 cm³/mol. The number of carbonyl (C=O) groups is 1. The van der Waals surface area contributed by atoms with Gasteiger partial charge in [-0.3, -0.25) is 9.58 Å². The van der Waals surface area contributed by atoms with Gasteiger partial charge in [-0.2, -0.15) is 0 Å². The molecule has 1 aliphatic rings. The fraction of sp³-hybridized carbons (Fsp3) is 0.727. The summed E-state index contributed by atoms with van der Waals surface area (Å²) in [6.07, 6.45) is 2.78. The van der Waals surface area contributed by atoms with Gasteiger partial charge < -0.3 is 9.84 Å². The molecule has 100 valence electrons. The highest BCUT2D eigenvalue weighted by molar-refractivity contribution is 5.84. The van der Waals surface area contributed by atoms with E-state index in [1.807, 2.05) is 0 Å². The van der Waals surface area contributed by atoms with Crippen LogP contribution in [0, 0.1) is 0 Å². The van der Waals surface area contributed by atoms with Crippen molar-refractivity contribution in [2.75, 3.05) is 26.2 Å². The first-order valence-electron chi connectivity index (χ1n) is 6.16. The number of nitrogens with zero attached hydrogens (tertiary/aromatic N) is 4. The Balaban J connectivity index is 1.81. The van der Waals surface area contributed by atoms with E-state index in [1.165, 1.54) is 6.20 Å². The van der Waals surface area contributed by atoms with Crippen LogP contribution in [-0.2, 0) is 11.3 Å². The lowest BCUT2D eigenvalue weighted by Crippen LogP contribution is -2.43. The average Bonchev–Trinajstić information content (AvgIpc) is 2.85. The van der Waals surface area contributed by atoms with Crippen molar-refractivity contribution in [2.24, 2.45) is 0 Å². The Hall–Kier alpha value is -1.47. The van der Waals surface area contributed by atoms with Crippen LogP contribution >= 0.6 is 0 Å². The molecule has 0 radical (unpaired) electrons. The standard InChI is InChI=1S/C11H18N4O3/c1-2-9-7-14(5-6-18-9)3-4-15-8-10(11(16)17)12-13-15/h8-9H,2-7H2,1H3,(H,16,17). The van der Waals surface area contributed by atoms with Crippen molar-refractivity contribution in [3.05, 3.63) is 11.9 Å². The Bertz CT molecular complexity index is 407. The van der Waals surface area contributed by atoms with E-state index < -0.39 is 5.97 Å². The van der Waals surface area contributed by atoms with Crippen molar-refractivity contribution in [1.29, 1.82) is 0 Å². The van der Waals surface area contributed by atoms with Gasteiger partial charge in [-0.1, -0.05) is 12.1 Å². The average molecular weight is 254 g/mol. The molecule has 1 aromatic heterocycles. The lowest BCUT2D eigenvalue weighted by molar-refractivity contribution is -0.0307. The molecule has 2 rings (SSSR count). The van der Waals surface area contributed by atoms with Crippen LogP contribution in [0.3, 0.4) is 0 Å². The highest BCUT2D eigenvalue weighted by Crippen LogP contribution is 2.08. The Kier molecular flexibility index (Phi) is 4.27. The SMILES string of the molecule is CCC1CN(CCn2cc(C(=O)O)nn2)CCO1. The summed E-state index contributed by atoms with van der Waals surface area (Å²) >= 11 is 0. The number of rotatable bonds is 5. The van der Waals surface area contributed by atoms with Crippen molar-refractivity contribution in [3.63, 3.8) is 0 Å². The number of carboxylic acid groups (broad SMARTS) is 1. The maximum Gasteiger partial charge on any atom is 0.358 e. The van der Waals surface area contributed by atoms with Gasteiger partial charge in [0.2, 0.25) is 0 Å². The minimum Gasteiger partial charge on any atom is -0.476 e. The van der Waals surface area contributed by atoms with E-state index in [9.17, 15) is 4.79 Å². The minimum atomic E-state index is -1.04. The highest BCUT2D eigenvalue weighted by Gasteiger charge is 2.18. The molecule has 7 heteroatoms. The third-order valence-electron chi connectivity index (χ3n) is 3.08. The maximum atomic E-state index is 10.7. The van der Waals surface area contributed by atoms with Crippen molar-refractivity contribution < 1.29 is 14.6 Å². The number of aromatic nitrogens is 3. The molecule has 18 heavy (non-hydrogen) atoms. The highest BCUT2D eigenvalue weighted by atomic mass is 16.5. The fourth-order valence-electron chi connectivity index (χ4n) is 1.98. The fourth-order valence-corrected chi connectivity index (χ4v) is 1.98. The zero-order chi connectivity index (χ0) is 13.0. The number of hydrogen-bond donors (Lipinski definition) is 1. The molecule has 1 fully saturated rings. The molecule has 0 aromatic carbocycles. The third-order valence-corrected chi connectivity index (χ3v) is 3.08. The predicted octanol–water partition coefficient (Wildman–Crippen LogP) is 0.0871. The third kappa shape index (κ3) is 3.27. The van der Waals surface area contributed by atoms with Crippen LogP contribution < -0.4 is 0 Å². The molecule has 0 aliphatic carbocycles. The Labute approximate surface area is 105 Å². The van der Waals surface area contributed by atoms with Crippen molar-refractivity contribution in [3.8, 4) is 0 Å². The van der Waals surface area contributed by atoms with E-state index >= 15 is 0 Å². The van der Waals surface area contributed by atoms with Gasteiger partial charge in [-0.15, -0.1) is 5.10 Å². The second-order valence-electron chi connectivity index (χ2n) is 4.37. The first-order valence-corrected chi connectivity index (χ1v) is 6.16. The van der Waals surface area contributed by atoms with Gasteiger partial charge >= 0.3 is 5.97 Å². The molecular formula is C11H18N4O3. The summed E-state index contributed by atoms with van der Waals surface area (Å²) in [6, 6.07) is 0. The molecule has 0 spiro atoms. The van der Waals surface area contributed by atoms with Crippen LogP contribution in [0.4, 0.5) is 0 Å². The molecule has 0 bridgehead atoms. The van der Waals surface area contributed by atoms with Gasteiger partial charge in [0.15, 0.2) is 5.69 Å². The first kappa shape index (κ1) is 13.0. The van der Waals surface area contributed by atoms with Gasteiger partial charge in [0.1, 0.15) is 0 Å². The number of ether oxygens (including phenoxy) is 1. The molecule has 1 aromatic rings. The molecular weight excluding hydrogens is 236 g/mol. The van der Waals surface area contributed by atoms with Crippen LogP contribution in [0.1, 0.15) is 23.8 Å². The number of hydrogen-bond acceptors (Lipinski definition) is 5. The van der Waals surface area contributed by atoms with Crippen LogP contribution in [0.5, 0.6) is 0 Å². The maximum absolute atomic E-state index is 10.7. The second kappa shape index (κ2) is 5.92. The van der Waals surface area contributed by atoms with Gasteiger partial charge in [0.25, 0.3) is 0 Å². The summed E-state index contributed by atoms with van der Waals surface area (Å²) in [6.45, 7) is 6.20. The van der Waals surface area contributed by atoms with Gasteiger partial charge in [-0.05, 0) is 6.42 Å².